The van der Waals surface area contributed by atoms with Gasteiger partial charge in [-0.15, -0.1) is 11.3 Å². The van der Waals surface area contributed by atoms with Crippen LogP contribution < -0.4 is 5.73 Å². The number of amidine groups is 1. The van der Waals surface area contributed by atoms with Gasteiger partial charge in [0.15, 0.2) is 5.84 Å². The lowest BCUT2D eigenvalue weighted by Gasteiger charge is -2.37. The molecular formula is C13H20N4O2S. The van der Waals surface area contributed by atoms with E-state index < -0.39 is 0 Å². The third-order valence-electron chi connectivity index (χ3n) is 3.66. The highest BCUT2D eigenvalue weighted by molar-refractivity contribution is 7.10. The zero-order valence-corrected chi connectivity index (χ0v) is 12.3. The van der Waals surface area contributed by atoms with Crippen molar-refractivity contribution >= 4 is 23.1 Å². The Morgan fingerprint density at radius 2 is 2.20 bits per heavy atom. The smallest absolute Gasteiger partial charge is 0.227 e. The van der Waals surface area contributed by atoms with Crippen LogP contribution in [0.3, 0.4) is 0 Å². The molecule has 1 unspecified atom stereocenters. The van der Waals surface area contributed by atoms with E-state index in [9.17, 15) is 4.79 Å². The zero-order valence-electron chi connectivity index (χ0n) is 11.5. The molecule has 2 rings (SSSR count). The maximum Gasteiger partial charge on any atom is 0.227 e. The molecule has 0 bridgehead atoms. The summed E-state index contributed by atoms with van der Waals surface area (Å²) in [6, 6.07) is 3.85. The minimum Gasteiger partial charge on any atom is -0.409 e. The topological polar surface area (TPSA) is 82.2 Å². The second kappa shape index (κ2) is 6.71. The van der Waals surface area contributed by atoms with E-state index in [0.717, 1.165) is 18.0 Å². The van der Waals surface area contributed by atoms with Crippen LogP contribution in [0, 0.1) is 0 Å². The average Bonchev–Trinajstić information content (AvgIpc) is 2.98. The molecule has 0 radical (unpaired) electrons. The quantitative estimate of drug-likeness (QED) is 0.368. The van der Waals surface area contributed by atoms with Crippen molar-refractivity contribution in [2.24, 2.45) is 10.9 Å². The van der Waals surface area contributed by atoms with Crippen LogP contribution in [-0.4, -0.2) is 59.0 Å². The van der Waals surface area contributed by atoms with Gasteiger partial charge in [0.25, 0.3) is 0 Å². The van der Waals surface area contributed by atoms with Gasteiger partial charge < -0.3 is 15.8 Å². The summed E-state index contributed by atoms with van der Waals surface area (Å²) in [5, 5.41) is 13.7. The fourth-order valence-electron chi connectivity index (χ4n) is 2.30. The number of amides is 1. The lowest BCUT2D eigenvalue weighted by atomic mass is 10.2. The number of rotatable bonds is 4. The number of nitrogens with zero attached hydrogens (tertiary/aromatic N) is 3. The van der Waals surface area contributed by atoms with Crippen molar-refractivity contribution in [3.63, 3.8) is 0 Å². The van der Waals surface area contributed by atoms with Gasteiger partial charge in [-0.3, -0.25) is 9.69 Å². The Kier molecular flexibility index (Phi) is 4.97. The Hall–Kier alpha value is -1.60. The predicted octanol–water partition coefficient (Wildman–Crippen LogP) is 0.570. The van der Waals surface area contributed by atoms with E-state index in [1.54, 1.807) is 11.3 Å². The van der Waals surface area contributed by atoms with Gasteiger partial charge in [-0.25, -0.2) is 0 Å². The summed E-state index contributed by atoms with van der Waals surface area (Å²) in [7, 11) is 0. The van der Waals surface area contributed by atoms with E-state index >= 15 is 0 Å². The lowest BCUT2D eigenvalue weighted by Crippen LogP contribution is -2.54. The summed E-state index contributed by atoms with van der Waals surface area (Å²) < 4.78 is 0. The van der Waals surface area contributed by atoms with Crippen LogP contribution in [0.4, 0.5) is 0 Å². The molecule has 1 atom stereocenters. The van der Waals surface area contributed by atoms with Crippen molar-refractivity contribution in [2.75, 3.05) is 26.2 Å². The molecule has 0 aliphatic carbocycles. The minimum absolute atomic E-state index is 0.102. The van der Waals surface area contributed by atoms with Crippen LogP contribution in [0.2, 0.25) is 0 Å². The molecule has 7 heteroatoms. The van der Waals surface area contributed by atoms with Gasteiger partial charge in [0.2, 0.25) is 5.91 Å². The van der Waals surface area contributed by atoms with Gasteiger partial charge in [0.05, 0.1) is 12.5 Å². The lowest BCUT2D eigenvalue weighted by molar-refractivity contribution is -0.132. The molecule has 1 aliphatic heterocycles. The van der Waals surface area contributed by atoms with Crippen LogP contribution in [-0.2, 0) is 11.2 Å². The molecule has 0 spiro atoms. The molecule has 1 fully saturated rings. The average molecular weight is 296 g/mol. The van der Waals surface area contributed by atoms with E-state index in [2.05, 4.69) is 10.1 Å². The number of oxime groups is 1. The molecule has 20 heavy (non-hydrogen) atoms. The Labute approximate surface area is 122 Å². The molecule has 0 saturated carbocycles. The fourth-order valence-corrected chi connectivity index (χ4v) is 3.00. The number of carbonyl (C=O) groups is 1. The normalized spacial score (nSPS) is 19.1. The van der Waals surface area contributed by atoms with E-state index in [-0.39, 0.29) is 17.8 Å². The Balaban J connectivity index is 1.83. The molecule has 110 valence electrons. The first-order valence-electron chi connectivity index (χ1n) is 6.63. The van der Waals surface area contributed by atoms with Crippen molar-refractivity contribution in [2.45, 2.75) is 19.4 Å². The minimum atomic E-state index is -0.102. The molecule has 0 aromatic carbocycles. The van der Waals surface area contributed by atoms with E-state index in [4.69, 9.17) is 10.9 Å². The number of thiophene rings is 1. The number of hydrogen-bond acceptors (Lipinski definition) is 5. The summed E-state index contributed by atoms with van der Waals surface area (Å²) in [6.45, 7) is 4.76. The van der Waals surface area contributed by atoms with Crippen molar-refractivity contribution in [3.8, 4) is 0 Å². The summed E-state index contributed by atoms with van der Waals surface area (Å²) >= 11 is 1.61. The Bertz CT molecular complexity index is 467. The Morgan fingerprint density at radius 1 is 1.50 bits per heavy atom. The van der Waals surface area contributed by atoms with Gasteiger partial charge in [0.1, 0.15) is 0 Å². The largest absolute Gasteiger partial charge is 0.409 e. The molecular weight excluding hydrogens is 276 g/mol. The highest BCUT2D eigenvalue weighted by Crippen LogP contribution is 2.13. The molecule has 6 nitrogen and oxygen atoms in total. The third-order valence-corrected chi connectivity index (χ3v) is 4.54. The van der Waals surface area contributed by atoms with Gasteiger partial charge in [-0.1, -0.05) is 11.2 Å². The van der Waals surface area contributed by atoms with Crippen LogP contribution in [0.5, 0.6) is 0 Å². The van der Waals surface area contributed by atoms with Gasteiger partial charge >= 0.3 is 0 Å². The summed E-state index contributed by atoms with van der Waals surface area (Å²) in [6.07, 6.45) is 0.480. The first kappa shape index (κ1) is 14.8. The molecule has 1 aliphatic rings. The van der Waals surface area contributed by atoms with Crippen LogP contribution in [0.25, 0.3) is 0 Å². The van der Waals surface area contributed by atoms with E-state index in [0.29, 0.717) is 19.5 Å². The van der Waals surface area contributed by atoms with Crippen LogP contribution >= 0.6 is 11.3 Å². The molecule has 1 amide bonds. The van der Waals surface area contributed by atoms with Gasteiger partial charge in [0, 0.05) is 31.1 Å². The summed E-state index contributed by atoms with van der Waals surface area (Å²) in [5.74, 6) is 0.381. The highest BCUT2D eigenvalue weighted by Gasteiger charge is 2.25. The number of nitrogens with two attached hydrogens (primary N) is 1. The summed E-state index contributed by atoms with van der Waals surface area (Å²) in [5.41, 5.74) is 5.61. The SMILES string of the molecule is CC(C(N)=NO)N1CCN(C(=O)Cc2cccs2)CC1. The van der Waals surface area contributed by atoms with Gasteiger partial charge in [-0.2, -0.15) is 0 Å². The fraction of sp³-hybridized carbons (Fsp3) is 0.538. The number of hydrogen-bond donors (Lipinski definition) is 2. The standard InChI is InChI=1S/C13H20N4O2S/c1-10(13(14)15-19)16-4-6-17(7-5-16)12(18)9-11-3-2-8-20-11/h2-3,8,10,19H,4-7,9H2,1H3,(H2,14,15). The van der Waals surface area contributed by atoms with Gasteiger partial charge in [-0.05, 0) is 18.4 Å². The monoisotopic (exact) mass is 296 g/mol. The third kappa shape index (κ3) is 3.49. The second-order valence-electron chi connectivity index (χ2n) is 4.87. The van der Waals surface area contributed by atoms with Crippen molar-refractivity contribution in [1.29, 1.82) is 0 Å². The number of piperazine rings is 1. The van der Waals surface area contributed by atoms with E-state index in [1.807, 2.05) is 29.3 Å². The molecule has 1 aromatic heterocycles. The predicted molar refractivity (Wildman–Crippen MR) is 79.0 cm³/mol. The maximum absolute atomic E-state index is 12.2. The maximum atomic E-state index is 12.2. The molecule has 3 N–H and O–H groups in total. The number of carbonyl (C=O) groups excluding carboxylic acids is 1. The second-order valence-corrected chi connectivity index (χ2v) is 5.91. The summed E-state index contributed by atoms with van der Waals surface area (Å²) in [4.78, 5) is 17.3. The van der Waals surface area contributed by atoms with Crippen molar-refractivity contribution in [3.05, 3.63) is 22.4 Å². The highest BCUT2D eigenvalue weighted by atomic mass is 32.1. The molecule has 1 aromatic rings. The zero-order chi connectivity index (χ0) is 14.5. The molecule has 1 saturated heterocycles. The van der Waals surface area contributed by atoms with Crippen LogP contribution in [0.1, 0.15) is 11.8 Å². The van der Waals surface area contributed by atoms with Crippen molar-refractivity contribution in [1.82, 2.24) is 9.80 Å². The first-order chi connectivity index (χ1) is 9.61. The van der Waals surface area contributed by atoms with Crippen molar-refractivity contribution < 1.29 is 10.0 Å². The molecule has 2 heterocycles. The van der Waals surface area contributed by atoms with E-state index in [1.165, 1.54) is 0 Å². The van der Waals surface area contributed by atoms with Crippen LogP contribution in [0.15, 0.2) is 22.7 Å². The first-order valence-corrected chi connectivity index (χ1v) is 7.51. The Morgan fingerprint density at radius 3 is 2.75 bits per heavy atom.